The molecule has 0 unspecified atom stereocenters. The molecule has 1 heterocycles. The number of rotatable bonds is 9. The topological polar surface area (TPSA) is 105 Å². The number of nitrogens with one attached hydrogen (secondary N) is 1. The number of carboxylic acid groups (broad SMARTS) is 1. The predicted molar refractivity (Wildman–Crippen MR) is 140 cm³/mol. The summed E-state index contributed by atoms with van der Waals surface area (Å²) in [5, 5.41) is 11.9. The third kappa shape index (κ3) is 5.26. The van der Waals surface area contributed by atoms with Gasteiger partial charge in [0.25, 0.3) is 0 Å². The molecule has 8 heteroatoms. The standard InChI is InChI=1S/C30H30N2O6/c1-19(37-17-20-9-3-2-4-10-20)27(28(33)32-15-21(16-32)29(34)35)31-30(36)38-18-26-24-13-7-5-11-22(24)23-12-6-8-14-25(23)26/h2-14,19,21,26-27H,15-18H2,1H3,(H,31,36)(H,34,35)/t19-,27+/m0/s1. The first-order chi connectivity index (χ1) is 18.4. The van der Waals surface area contributed by atoms with Crippen LogP contribution in [-0.4, -0.2) is 59.8 Å². The molecule has 196 valence electrons. The average Bonchev–Trinajstić information content (AvgIpc) is 3.22. The van der Waals surface area contributed by atoms with Crippen molar-refractivity contribution in [3.05, 3.63) is 95.6 Å². The Morgan fingerprint density at radius 1 is 0.921 bits per heavy atom. The van der Waals surface area contributed by atoms with Crippen molar-refractivity contribution in [3.63, 3.8) is 0 Å². The molecule has 3 aromatic rings. The van der Waals surface area contributed by atoms with Crippen molar-refractivity contribution in [2.24, 2.45) is 5.92 Å². The van der Waals surface area contributed by atoms with Crippen LogP contribution in [0.3, 0.4) is 0 Å². The predicted octanol–water partition coefficient (Wildman–Crippen LogP) is 4.04. The molecule has 38 heavy (non-hydrogen) atoms. The summed E-state index contributed by atoms with van der Waals surface area (Å²) in [4.78, 5) is 38.9. The Labute approximate surface area is 221 Å². The Balaban J connectivity index is 1.26. The van der Waals surface area contributed by atoms with Gasteiger partial charge in [0.15, 0.2) is 0 Å². The number of hydrogen-bond acceptors (Lipinski definition) is 5. The third-order valence-corrected chi connectivity index (χ3v) is 7.25. The number of alkyl carbamates (subject to hydrolysis) is 1. The maximum atomic E-state index is 13.3. The summed E-state index contributed by atoms with van der Waals surface area (Å²) in [6.45, 7) is 2.29. The SMILES string of the molecule is C[C@H](OCc1ccccc1)[C@@H](NC(=O)OCC1c2ccccc2-c2ccccc21)C(=O)N1CC(C(=O)O)C1. The van der Waals surface area contributed by atoms with E-state index in [1.165, 1.54) is 4.90 Å². The molecular formula is C30H30N2O6. The molecule has 0 saturated carbocycles. The number of aliphatic carboxylic acids is 1. The molecule has 0 bridgehead atoms. The van der Waals surface area contributed by atoms with Crippen molar-refractivity contribution in [1.29, 1.82) is 0 Å². The van der Waals surface area contributed by atoms with Crippen molar-refractivity contribution in [2.75, 3.05) is 19.7 Å². The second-order valence-electron chi connectivity index (χ2n) is 9.73. The van der Waals surface area contributed by atoms with Crippen molar-refractivity contribution in [3.8, 4) is 11.1 Å². The van der Waals surface area contributed by atoms with Gasteiger partial charge in [-0.05, 0) is 34.7 Å². The van der Waals surface area contributed by atoms with Gasteiger partial charge in [0, 0.05) is 19.0 Å². The van der Waals surface area contributed by atoms with Gasteiger partial charge >= 0.3 is 12.1 Å². The smallest absolute Gasteiger partial charge is 0.407 e. The van der Waals surface area contributed by atoms with E-state index in [1.807, 2.05) is 66.7 Å². The average molecular weight is 515 g/mol. The first-order valence-electron chi connectivity index (χ1n) is 12.7. The molecule has 2 atom stereocenters. The molecule has 2 aliphatic rings. The summed E-state index contributed by atoms with van der Waals surface area (Å²) in [5.41, 5.74) is 5.36. The van der Waals surface area contributed by atoms with E-state index in [2.05, 4.69) is 17.4 Å². The number of benzene rings is 3. The molecule has 1 fully saturated rings. The Hall–Kier alpha value is -4.17. The van der Waals surface area contributed by atoms with Crippen molar-refractivity contribution in [1.82, 2.24) is 10.2 Å². The zero-order valence-electron chi connectivity index (χ0n) is 21.1. The Bertz CT molecular complexity index is 1280. The molecule has 2 amide bonds. The second-order valence-corrected chi connectivity index (χ2v) is 9.73. The summed E-state index contributed by atoms with van der Waals surface area (Å²) < 4.78 is 11.6. The van der Waals surface area contributed by atoms with Gasteiger partial charge < -0.3 is 24.8 Å². The van der Waals surface area contributed by atoms with E-state index in [1.54, 1.807) is 6.92 Å². The minimum Gasteiger partial charge on any atom is -0.481 e. The van der Waals surface area contributed by atoms with Crippen LogP contribution in [0.15, 0.2) is 78.9 Å². The summed E-state index contributed by atoms with van der Waals surface area (Å²) in [6, 6.07) is 24.6. The minimum absolute atomic E-state index is 0.0996. The lowest BCUT2D eigenvalue weighted by atomic mass is 9.98. The lowest BCUT2D eigenvalue weighted by molar-refractivity contribution is -0.155. The van der Waals surface area contributed by atoms with Crippen molar-refractivity contribution >= 4 is 18.0 Å². The van der Waals surface area contributed by atoms with Gasteiger partial charge in [-0.25, -0.2) is 4.79 Å². The van der Waals surface area contributed by atoms with E-state index in [9.17, 15) is 19.5 Å². The zero-order valence-corrected chi connectivity index (χ0v) is 21.1. The fourth-order valence-electron chi connectivity index (χ4n) is 5.06. The molecule has 1 aliphatic heterocycles. The number of ether oxygens (including phenoxy) is 2. The maximum absolute atomic E-state index is 13.3. The lowest BCUT2D eigenvalue weighted by Gasteiger charge is -2.39. The van der Waals surface area contributed by atoms with Gasteiger partial charge in [-0.1, -0.05) is 78.9 Å². The number of amides is 2. The quantitative estimate of drug-likeness (QED) is 0.447. The van der Waals surface area contributed by atoms with Crippen LogP contribution >= 0.6 is 0 Å². The highest BCUT2D eigenvalue weighted by Crippen LogP contribution is 2.44. The first kappa shape index (κ1) is 25.5. The van der Waals surface area contributed by atoms with Crippen molar-refractivity contribution < 1.29 is 29.0 Å². The molecule has 0 radical (unpaired) electrons. The van der Waals surface area contributed by atoms with E-state index in [0.29, 0.717) is 0 Å². The van der Waals surface area contributed by atoms with Crippen molar-refractivity contribution in [2.45, 2.75) is 31.6 Å². The number of carboxylic acids is 1. The number of likely N-dealkylation sites (tertiary alicyclic amines) is 1. The number of fused-ring (bicyclic) bond motifs is 3. The van der Waals surface area contributed by atoms with E-state index in [4.69, 9.17) is 9.47 Å². The van der Waals surface area contributed by atoms with Crippen LogP contribution in [0.4, 0.5) is 4.79 Å². The zero-order chi connectivity index (χ0) is 26.6. The normalized spacial score (nSPS) is 16.1. The summed E-state index contributed by atoms with van der Waals surface area (Å²) in [6.07, 6.45) is -1.40. The fourth-order valence-corrected chi connectivity index (χ4v) is 5.06. The van der Waals surface area contributed by atoms with Gasteiger partial charge in [0.05, 0.1) is 18.6 Å². The highest BCUT2D eigenvalue weighted by atomic mass is 16.5. The molecule has 3 aromatic carbocycles. The Morgan fingerprint density at radius 2 is 1.50 bits per heavy atom. The molecule has 1 aliphatic carbocycles. The van der Waals surface area contributed by atoms with Gasteiger partial charge in [-0.15, -0.1) is 0 Å². The van der Waals surface area contributed by atoms with E-state index < -0.39 is 36.0 Å². The summed E-state index contributed by atoms with van der Waals surface area (Å²) >= 11 is 0. The molecule has 5 rings (SSSR count). The summed E-state index contributed by atoms with van der Waals surface area (Å²) in [7, 11) is 0. The van der Waals surface area contributed by atoms with Gasteiger partial charge in [-0.2, -0.15) is 0 Å². The number of carbonyl (C=O) groups is 3. The highest BCUT2D eigenvalue weighted by Gasteiger charge is 2.41. The largest absolute Gasteiger partial charge is 0.481 e. The van der Waals surface area contributed by atoms with Gasteiger partial charge in [0.2, 0.25) is 5.91 Å². The van der Waals surface area contributed by atoms with Crippen LogP contribution < -0.4 is 5.32 Å². The van der Waals surface area contributed by atoms with Gasteiger partial charge in [-0.3, -0.25) is 9.59 Å². The first-order valence-corrected chi connectivity index (χ1v) is 12.7. The third-order valence-electron chi connectivity index (χ3n) is 7.25. The fraction of sp³-hybridized carbons (Fsp3) is 0.300. The molecule has 1 saturated heterocycles. The van der Waals surface area contributed by atoms with Crippen LogP contribution in [0.1, 0.15) is 29.5 Å². The van der Waals surface area contributed by atoms with Gasteiger partial charge in [0.1, 0.15) is 12.6 Å². The van der Waals surface area contributed by atoms with E-state index >= 15 is 0 Å². The molecule has 0 spiro atoms. The van der Waals surface area contributed by atoms with Crippen LogP contribution in [-0.2, 0) is 25.7 Å². The summed E-state index contributed by atoms with van der Waals surface area (Å²) in [5.74, 6) is -2.05. The highest BCUT2D eigenvalue weighted by molar-refractivity contribution is 5.88. The van der Waals surface area contributed by atoms with E-state index in [0.717, 1.165) is 27.8 Å². The number of nitrogens with zero attached hydrogens (tertiary/aromatic N) is 1. The van der Waals surface area contributed by atoms with Crippen LogP contribution in [0.5, 0.6) is 0 Å². The molecule has 2 N–H and O–H groups in total. The van der Waals surface area contributed by atoms with Crippen LogP contribution in [0.25, 0.3) is 11.1 Å². The molecular weight excluding hydrogens is 484 g/mol. The molecule has 8 nitrogen and oxygen atoms in total. The minimum atomic E-state index is -1.02. The Kier molecular flexibility index (Phi) is 7.42. The Morgan fingerprint density at radius 3 is 2.11 bits per heavy atom. The van der Waals surface area contributed by atoms with Crippen LogP contribution in [0, 0.1) is 5.92 Å². The second kappa shape index (κ2) is 11.1. The lowest BCUT2D eigenvalue weighted by Crippen LogP contribution is -2.61. The van der Waals surface area contributed by atoms with E-state index in [-0.39, 0.29) is 32.2 Å². The van der Waals surface area contributed by atoms with Crippen LogP contribution in [0.2, 0.25) is 0 Å². The maximum Gasteiger partial charge on any atom is 0.407 e. The number of carbonyl (C=O) groups excluding carboxylic acids is 2. The number of hydrogen-bond donors (Lipinski definition) is 2. The monoisotopic (exact) mass is 514 g/mol. The molecule has 0 aromatic heterocycles.